The standard InChI is InChI=1S/C22H21N3O2/c23-14-18-6-2-3-7-19(18)17-10-8-16(9-11-17)15-25-20(26)22(24-21(25)27)12-4-1-5-13-22/h2-3,6-11H,1,4-5,12-13,15H2,(H,24,27). The number of nitrogens with one attached hydrogen (secondary N) is 1. The zero-order valence-electron chi connectivity index (χ0n) is 15.1. The van der Waals surface area contributed by atoms with Crippen LogP contribution in [-0.4, -0.2) is 22.4 Å². The zero-order chi connectivity index (χ0) is 18.9. The van der Waals surface area contributed by atoms with Gasteiger partial charge >= 0.3 is 6.03 Å². The first-order valence-corrected chi connectivity index (χ1v) is 9.35. The lowest BCUT2D eigenvalue weighted by atomic mass is 9.82. The molecule has 2 aromatic rings. The molecule has 4 rings (SSSR count). The fourth-order valence-corrected chi connectivity index (χ4v) is 4.12. The van der Waals surface area contributed by atoms with E-state index in [4.69, 9.17) is 0 Å². The molecular weight excluding hydrogens is 338 g/mol. The second-order valence-electron chi connectivity index (χ2n) is 7.32. The molecule has 0 atom stereocenters. The molecule has 5 heteroatoms. The van der Waals surface area contributed by atoms with Crippen LogP contribution >= 0.6 is 0 Å². The zero-order valence-corrected chi connectivity index (χ0v) is 15.1. The summed E-state index contributed by atoms with van der Waals surface area (Å²) < 4.78 is 0. The highest BCUT2D eigenvalue weighted by Crippen LogP contribution is 2.34. The lowest BCUT2D eigenvalue weighted by molar-refractivity contribution is -0.132. The van der Waals surface area contributed by atoms with E-state index in [1.54, 1.807) is 6.07 Å². The van der Waals surface area contributed by atoms with Crippen molar-refractivity contribution < 1.29 is 9.59 Å². The summed E-state index contributed by atoms with van der Waals surface area (Å²) in [6.07, 6.45) is 4.55. The summed E-state index contributed by atoms with van der Waals surface area (Å²) in [7, 11) is 0. The minimum atomic E-state index is -0.680. The highest BCUT2D eigenvalue weighted by Gasteiger charge is 2.51. The molecule has 0 unspecified atom stereocenters. The molecule has 0 aromatic heterocycles. The van der Waals surface area contributed by atoms with Crippen molar-refractivity contribution in [3.63, 3.8) is 0 Å². The van der Waals surface area contributed by atoms with Crippen molar-refractivity contribution >= 4 is 11.9 Å². The van der Waals surface area contributed by atoms with E-state index >= 15 is 0 Å². The van der Waals surface area contributed by atoms with Crippen LogP contribution in [0, 0.1) is 11.3 Å². The second kappa shape index (κ2) is 6.88. The SMILES string of the molecule is N#Cc1ccccc1-c1ccc(CN2C(=O)NC3(CCCCC3)C2=O)cc1. The lowest BCUT2D eigenvalue weighted by Gasteiger charge is -2.30. The smallest absolute Gasteiger partial charge is 0.323 e. The predicted octanol–water partition coefficient (Wildman–Crippen LogP) is 3.98. The van der Waals surface area contributed by atoms with Crippen molar-refractivity contribution in [2.45, 2.75) is 44.2 Å². The maximum atomic E-state index is 12.9. The van der Waals surface area contributed by atoms with Gasteiger partial charge < -0.3 is 5.32 Å². The monoisotopic (exact) mass is 359 g/mol. The highest BCUT2D eigenvalue weighted by molar-refractivity contribution is 6.07. The van der Waals surface area contributed by atoms with Crippen LogP contribution in [0.25, 0.3) is 11.1 Å². The van der Waals surface area contributed by atoms with Crippen LogP contribution in [0.3, 0.4) is 0 Å². The number of amides is 3. The number of benzene rings is 2. The first kappa shape index (κ1) is 17.3. The van der Waals surface area contributed by atoms with Crippen molar-refractivity contribution in [3.8, 4) is 17.2 Å². The van der Waals surface area contributed by atoms with E-state index in [1.165, 1.54) is 4.90 Å². The van der Waals surface area contributed by atoms with Gasteiger partial charge in [0.25, 0.3) is 5.91 Å². The summed E-state index contributed by atoms with van der Waals surface area (Å²) in [5, 5.41) is 12.2. The van der Waals surface area contributed by atoms with Crippen molar-refractivity contribution in [3.05, 3.63) is 59.7 Å². The lowest BCUT2D eigenvalue weighted by Crippen LogP contribution is -2.48. The van der Waals surface area contributed by atoms with Gasteiger partial charge in [-0.05, 0) is 35.6 Å². The van der Waals surface area contributed by atoms with Gasteiger partial charge in [-0.15, -0.1) is 0 Å². The van der Waals surface area contributed by atoms with Gasteiger partial charge in [-0.2, -0.15) is 5.26 Å². The molecular formula is C22H21N3O2. The Morgan fingerprint density at radius 3 is 2.41 bits per heavy atom. The van der Waals surface area contributed by atoms with Gasteiger partial charge in [-0.3, -0.25) is 9.69 Å². The largest absolute Gasteiger partial charge is 0.325 e. The van der Waals surface area contributed by atoms with E-state index in [2.05, 4.69) is 11.4 Å². The second-order valence-corrected chi connectivity index (χ2v) is 7.32. The van der Waals surface area contributed by atoms with Crippen molar-refractivity contribution in [2.75, 3.05) is 0 Å². The molecule has 0 bridgehead atoms. The molecule has 1 N–H and O–H groups in total. The van der Waals surface area contributed by atoms with Gasteiger partial charge in [0.15, 0.2) is 0 Å². The number of carbonyl (C=O) groups is 2. The fourth-order valence-electron chi connectivity index (χ4n) is 4.12. The normalized spacial score (nSPS) is 18.4. The summed E-state index contributed by atoms with van der Waals surface area (Å²) in [4.78, 5) is 26.6. The molecule has 1 saturated heterocycles. The third kappa shape index (κ3) is 3.08. The molecule has 1 saturated carbocycles. The summed E-state index contributed by atoms with van der Waals surface area (Å²) in [6.45, 7) is 0.270. The molecule has 136 valence electrons. The van der Waals surface area contributed by atoms with Crippen LogP contribution in [0.15, 0.2) is 48.5 Å². The number of urea groups is 1. The molecule has 1 heterocycles. The summed E-state index contributed by atoms with van der Waals surface area (Å²) >= 11 is 0. The topological polar surface area (TPSA) is 73.2 Å². The summed E-state index contributed by atoms with van der Waals surface area (Å²) in [5.74, 6) is -0.0916. The molecule has 2 aromatic carbocycles. The average Bonchev–Trinajstić information content (AvgIpc) is 2.93. The van der Waals surface area contributed by atoms with Crippen molar-refractivity contribution in [1.82, 2.24) is 10.2 Å². The Morgan fingerprint density at radius 1 is 1.00 bits per heavy atom. The maximum Gasteiger partial charge on any atom is 0.325 e. The van der Waals surface area contributed by atoms with Crippen LogP contribution in [0.4, 0.5) is 4.79 Å². The van der Waals surface area contributed by atoms with Crippen molar-refractivity contribution in [1.29, 1.82) is 5.26 Å². The third-order valence-electron chi connectivity index (χ3n) is 5.61. The Kier molecular flexibility index (Phi) is 4.41. The third-order valence-corrected chi connectivity index (χ3v) is 5.61. The number of rotatable bonds is 3. The molecule has 3 amide bonds. The molecule has 0 radical (unpaired) electrons. The molecule has 27 heavy (non-hydrogen) atoms. The first-order chi connectivity index (χ1) is 13.1. The van der Waals surface area contributed by atoms with Gasteiger partial charge in [0, 0.05) is 0 Å². The Hall–Kier alpha value is -3.13. The summed E-state index contributed by atoms with van der Waals surface area (Å²) in [5.41, 5.74) is 2.66. The molecule has 2 aliphatic rings. The van der Waals surface area contributed by atoms with Crippen LogP contribution in [0.1, 0.15) is 43.2 Å². The van der Waals surface area contributed by atoms with Crippen LogP contribution < -0.4 is 5.32 Å². The van der Waals surface area contributed by atoms with Crippen LogP contribution in [0.5, 0.6) is 0 Å². The molecule has 2 fully saturated rings. The Bertz CT molecular complexity index is 921. The Labute approximate surface area is 158 Å². The minimum absolute atomic E-state index is 0.0916. The average molecular weight is 359 g/mol. The quantitative estimate of drug-likeness (QED) is 0.843. The van der Waals surface area contributed by atoms with E-state index in [0.29, 0.717) is 5.56 Å². The molecule has 1 aliphatic carbocycles. The van der Waals surface area contributed by atoms with E-state index in [0.717, 1.165) is 48.8 Å². The Balaban J connectivity index is 1.53. The fraction of sp³-hybridized carbons (Fsp3) is 0.318. The van der Waals surface area contributed by atoms with E-state index in [1.807, 2.05) is 42.5 Å². The number of carbonyl (C=O) groups excluding carboxylic acids is 2. The van der Waals surface area contributed by atoms with Gasteiger partial charge in [0.2, 0.25) is 0 Å². The van der Waals surface area contributed by atoms with Gasteiger partial charge in [0.05, 0.1) is 18.2 Å². The number of imide groups is 1. The van der Waals surface area contributed by atoms with Gasteiger partial charge in [-0.1, -0.05) is 61.7 Å². The van der Waals surface area contributed by atoms with Gasteiger partial charge in [0.1, 0.15) is 5.54 Å². The number of nitrogens with zero attached hydrogens (tertiary/aromatic N) is 2. The van der Waals surface area contributed by atoms with Crippen LogP contribution in [0.2, 0.25) is 0 Å². The number of hydrogen-bond acceptors (Lipinski definition) is 3. The molecule has 1 aliphatic heterocycles. The first-order valence-electron chi connectivity index (χ1n) is 9.35. The summed E-state index contributed by atoms with van der Waals surface area (Å²) in [6, 6.07) is 17.1. The van der Waals surface area contributed by atoms with E-state index in [9.17, 15) is 14.9 Å². The van der Waals surface area contributed by atoms with Gasteiger partial charge in [-0.25, -0.2) is 4.79 Å². The number of hydrogen-bond donors (Lipinski definition) is 1. The van der Waals surface area contributed by atoms with Crippen LogP contribution in [-0.2, 0) is 11.3 Å². The molecule has 1 spiro atoms. The number of nitriles is 1. The highest BCUT2D eigenvalue weighted by atomic mass is 16.2. The predicted molar refractivity (Wildman–Crippen MR) is 101 cm³/mol. The van der Waals surface area contributed by atoms with E-state index < -0.39 is 5.54 Å². The maximum absolute atomic E-state index is 12.9. The molecule has 5 nitrogen and oxygen atoms in total. The van der Waals surface area contributed by atoms with Crippen molar-refractivity contribution in [2.24, 2.45) is 0 Å². The van der Waals surface area contributed by atoms with E-state index in [-0.39, 0.29) is 18.5 Å². The minimum Gasteiger partial charge on any atom is -0.323 e. The Morgan fingerprint density at radius 2 is 1.70 bits per heavy atom.